The van der Waals surface area contributed by atoms with Gasteiger partial charge in [-0.25, -0.2) is 0 Å². The number of hydrogen-bond donors (Lipinski definition) is 0. The fraction of sp³-hybridized carbons (Fsp3) is 0.571. The summed E-state index contributed by atoms with van der Waals surface area (Å²) in [7, 11) is 2.20. The van der Waals surface area contributed by atoms with Gasteiger partial charge in [0.15, 0.2) is 0 Å². The molecule has 0 saturated carbocycles. The SMILES string of the molecule is CN1C2CCC1CC(C#N)(c1ccccn1)C2. The average molecular weight is 227 g/mol. The number of piperidine rings is 1. The van der Waals surface area contributed by atoms with Gasteiger partial charge in [0.1, 0.15) is 5.41 Å². The van der Waals surface area contributed by atoms with Crippen molar-refractivity contribution in [1.29, 1.82) is 5.26 Å². The Balaban J connectivity index is 1.98. The fourth-order valence-corrected chi connectivity index (χ4v) is 3.47. The summed E-state index contributed by atoms with van der Waals surface area (Å²) in [5, 5.41) is 9.64. The summed E-state index contributed by atoms with van der Waals surface area (Å²) >= 11 is 0. The van der Waals surface area contributed by atoms with Crippen LogP contribution in [0.1, 0.15) is 31.4 Å². The largest absolute Gasteiger partial charge is 0.300 e. The van der Waals surface area contributed by atoms with Crippen molar-refractivity contribution in [2.45, 2.75) is 43.2 Å². The Kier molecular flexibility index (Phi) is 2.41. The summed E-state index contributed by atoms with van der Waals surface area (Å²) in [6, 6.07) is 9.61. The molecule has 0 aromatic carbocycles. The van der Waals surface area contributed by atoms with E-state index in [-0.39, 0.29) is 5.41 Å². The highest BCUT2D eigenvalue weighted by Gasteiger charge is 2.48. The van der Waals surface area contributed by atoms with Gasteiger partial charge in [0.05, 0.1) is 11.8 Å². The molecule has 0 amide bonds. The molecule has 2 unspecified atom stereocenters. The van der Waals surface area contributed by atoms with Crippen molar-refractivity contribution in [1.82, 2.24) is 9.88 Å². The molecule has 3 rings (SSSR count). The number of nitriles is 1. The first-order chi connectivity index (χ1) is 8.25. The summed E-state index contributed by atoms with van der Waals surface area (Å²) in [6.07, 6.45) is 6.14. The van der Waals surface area contributed by atoms with Crippen LogP contribution in [-0.2, 0) is 5.41 Å². The second-order valence-corrected chi connectivity index (χ2v) is 5.37. The minimum Gasteiger partial charge on any atom is -0.300 e. The van der Waals surface area contributed by atoms with Crippen molar-refractivity contribution in [3.05, 3.63) is 30.1 Å². The molecule has 2 saturated heterocycles. The van der Waals surface area contributed by atoms with E-state index in [0.29, 0.717) is 12.1 Å². The van der Waals surface area contributed by atoms with Crippen LogP contribution >= 0.6 is 0 Å². The van der Waals surface area contributed by atoms with Gasteiger partial charge in [-0.05, 0) is 44.9 Å². The normalized spacial score (nSPS) is 36.7. The highest BCUT2D eigenvalue weighted by Crippen LogP contribution is 2.45. The van der Waals surface area contributed by atoms with E-state index in [1.807, 2.05) is 18.2 Å². The quantitative estimate of drug-likeness (QED) is 0.737. The summed E-state index contributed by atoms with van der Waals surface area (Å²) in [5.74, 6) is 0. The third kappa shape index (κ3) is 1.56. The molecule has 1 aromatic rings. The first-order valence-corrected chi connectivity index (χ1v) is 6.30. The molecule has 17 heavy (non-hydrogen) atoms. The number of rotatable bonds is 1. The van der Waals surface area contributed by atoms with Gasteiger partial charge < -0.3 is 4.90 Å². The van der Waals surface area contributed by atoms with Gasteiger partial charge >= 0.3 is 0 Å². The molecule has 2 aliphatic heterocycles. The minimum absolute atomic E-state index is 0.348. The Morgan fingerprint density at radius 3 is 2.59 bits per heavy atom. The van der Waals surface area contributed by atoms with Gasteiger partial charge in [-0.15, -0.1) is 0 Å². The van der Waals surface area contributed by atoms with Crippen LogP contribution in [0.25, 0.3) is 0 Å². The fourth-order valence-electron chi connectivity index (χ4n) is 3.47. The second-order valence-electron chi connectivity index (χ2n) is 5.37. The lowest BCUT2D eigenvalue weighted by molar-refractivity contribution is 0.134. The Hall–Kier alpha value is -1.40. The molecule has 1 aromatic heterocycles. The van der Waals surface area contributed by atoms with Crippen molar-refractivity contribution in [3.8, 4) is 6.07 Å². The van der Waals surface area contributed by atoms with Gasteiger partial charge in [-0.2, -0.15) is 5.26 Å². The molecular formula is C14H17N3. The van der Waals surface area contributed by atoms with Crippen LogP contribution in [0.3, 0.4) is 0 Å². The molecule has 0 N–H and O–H groups in total. The maximum atomic E-state index is 9.64. The average Bonchev–Trinajstić information content (AvgIpc) is 2.63. The maximum Gasteiger partial charge on any atom is 0.102 e. The lowest BCUT2D eigenvalue weighted by Gasteiger charge is -2.40. The number of aromatic nitrogens is 1. The third-order valence-corrected chi connectivity index (χ3v) is 4.52. The standard InChI is InChI=1S/C14H17N3/c1-17-11-5-6-12(17)9-14(8-11,10-15)13-4-2-3-7-16-13/h2-4,7,11-12H,5-6,8-9H2,1H3. The number of hydrogen-bond acceptors (Lipinski definition) is 3. The smallest absolute Gasteiger partial charge is 0.102 e. The van der Waals surface area contributed by atoms with Crippen LogP contribution in [-0.4, -0.2) is 29.0 Å². The molecule has 0 radical (unpaired) electrons. The molecular weight excluding hydrogens is 210 g/mol. The van der Waals surface area contributed by atoms with Crippen molar-refractivity contribution in [2.75, 3.05) is 7.05 Å². The van der Waals surface area contributed by atoms with Crippen molar-refractivity contribution >= 4 is 0 Å². The number of nitrogens with zero attached hydrogens (tertiary/aromatic N) is 3. The van der Waals surface area contributed by atoms with E-state index in [1.165, 1.54) is 12.8 Å². The zero-order valence-corrected chi connectivity index (χ0v) is 10.1. The lowest BCUT2D eigenvalue weighted by atomic mass is 9.73. The van der Waals surface area contributed by atoms with E-state index < -0.39 is 0 Å². The molecule has 88 valence electrons. The molecule has 2 aliphatic rings. The lowest BCUT2D eigenvalue weighted by Crippen LogP contribution is -2.47. The Morgan fingerprint density at radius 1 is 1.35 bits per heavy atom. The third-order valence-electron chi connectivity index (χ3n) is 4.52. The van der Waals surface area contributed by atoms with E-state index >= 15 is 0 Å². The maximum absolute atomic E-state index is 9.64. The van der Waals surface area contributed by atoms with Crippen molar-refractivity contribution in [2.24, 2.45) is 0 Å². The van der Waals surface area contributed by atoms with Crippen molar-refractivity contribution < 1.29 is 0 Å². The molecule has 3 heterocycles. The molecule has 2 bridgehead atoms. The van der Waals surface area contributed by atoms with Gasteiger partial charge in [-0.1, -0.05) is 6.07 Å². The molecule has 0 aliphatic carbocycles. The summed E-state index contributed by atoms with van der Waals surface area (Å²) in [6.45, 7) is 0. The molecule has 3 heteroatoms. The minimum atomic E-state index is -0.348. The predicted octanol–water partition coefficient (Wildman–Crippen LogP) is 2.10. The second kappa shape index (κ2) is 3.82. The summed E-state index contributed by atoms with van der Waals surface area (Å²) in [4.78, 5) is 6.88. The Morgan fingerprint density at radius 2 is 2.06 bits per heavy atom. The monoisotopic (exact) mass is 227 g/mol. The number of fused-ring (bicyclic) bond motifs is 2. The van der Waals surface area contributed by atoms with Crippen molar-refractivity contribution in [3.63, 3.8) is 0 Å². The molecule has 0 spiro atoms. The number of pyridine rings is 1. The zero-order chi connectivity index (χ0) is 11.9. The van der Waals surface area contributed by atoms with Gasteiger partial charge in [0.2, 0.25) is 0 Å². The van der Waals surface area contributed by atoms with E-state index in [9.17, 15) is 5.26 Å². The first-order valence-electron chi connectivity index (χ1n) is 6.30. The topological polar surface area (TPSA) is 39.9 Å². The summed E-state index contributed by atoms with van der Waals surface area (Å²) in [5.41, 5.74) is 0.618. The molecule has 2 fully saturated rings. The van der Waals surface area contributed by atoms with Gasteiger partial charge in [-0.3, -0.25) is 4.98 Å². The summed E-state index contributed by atoms with van der Waals surface area (Å²) < 4.78 is 0. The highest BCUT2D eigenvalue weighted by atomic mass is 15.2. The van der Waals surface area contributed by atoms with Crippen LogP contribution in [0, 0.1) is 11.3 Å². The zero-order valence-electron chi connectivity index (χ0n) is 10.1. The Bertz CT molecular complexity index is 434. The van der Waals surface area contributed by atoms with E-state index in [1.54, 1.807) is 6.20 Å². The highest BCUT2D eigenvalue weighted by molar-refractivity contribution is 5.29. The van der Waals surface area contributed by atoms with Crippen LogP contribution in [0.2, 0.25) is 0 Å². The van der Waals surface area contributed by atoms with Crippen LogP contribution < -0.4 is 0 Å². The van der Waals surface area contributed by atoms with Gasteiger partial charge in [0.25, 0.3) is 0 Å². The van der Waals surface area contributed by atoms with Gasteiger partial charge in [0, 0.05) is 18.3 Å². The first kappa shape index (κ1) is 10.7. The van der Waals surface area contributed by atoms with E-state index in [0.717, 1.165) is 18.5 Å². The van der Waals surface area contributed by atoms with E-state index in [2.05, 4.69) is 23.0 Å². The Labute approximate surface area is 102 Å². The van der Waals surface area contributed by atoms with Crippen LogP contribution in [0.4, 0.5) is 0 Å². The van der Waals surface area contributed by atoms with Crippen LogP contribution in [0.5, 0.6) is 0 Å². The predicted molar refractivity (Wildman–Crippen MR) is 65.3 cm³/mol. The molecule has 2 atom stereocenters. The van der Waals surface area contributed by atoms with Crippen LogP contribution in [0.15, 0.2) is 24.4 Å². The van der Waals surface area contributed by atoms with E-state index in [4.69, 9.17) is 0 Å². The molecule has 3 nitrogen and oxygen atoms in total.